The van der Waals surface area contributed by atoms with Crippen molar-refractivity contribution in [3.05, 3.63) is 12.2 Å². The smallest absolute Gasteiger partial charge is 0.246 e. The average Bonchev–Trinajstić information content (AvgIpc) is 2.37. The Balaban J connectivity index is 4.24. The van der Waals surface area contributed by atoms with E-state index < -0.39 is 21.4 Å². The first kappa shape index (κ1) is 23.5. The number of quaternary nitrogens is 1. The molecule has 0 heterocycles. The molecule has 0 radical (unpaired) electrons. The van der Waals surface area contributed by atoms with Crippen molar-refractivity contribution in [1.29, 1.82) is 0 Å². The van der Waals surface area contributed by atoms with Crippen molar-refractivity contribution in [3.63, 3.8) is 0 Å². The van der Waals surface area contributed by atoms with Gasteiger partial charge in [-0.25, -0.2) is 8.42 Å². The molecule has 2 N–H and O–H groups in total. The fraction of sp³-hybridized carbons (Fsp3) is 0.750. The van der Waals surface area contributed by atoms with Crippen LogP contribution in [0.4, 0.5) is 0 Å². The number of amides is 2. The van der Waals surface area contributed by atoms with Crippen molar-refractivity contribution in [2.45, 2.75) is 39.2 Å². The second-order valence-electron chi connectivity index (χ2n) is 7.66. The second-order valence-corrected chi connectivity index (χ2v) is 9.06. The van der Waals surface area contributed by atoms with E-state index in [1.807, 2.05) is 14.1 Å². The first-order chi connectivity index (χ1) is 11.1. The van der Waals surface area contributed by atoms with Crippen LogP contribution >= 0.6 is 0 Å². The topological polar surface area (TPSA) is 115 Å². The fourth-order valence-electron chi connectivity index (χ4n) is 2.29. The molecule has 0 bridgehead atoms. The lowest BCUT2D eigenvalue weighted by Crippen LogP contribution is -2.50. The Kier molecular flexibility index (Phi) is 8.76. The Bertz CT molecular complexity index is 597. The number of hydrogen-bond donors (Lipinski definition) is 2. The van der Waals surface area contributed by atoms with Gasteiger partial charge in [-0.05, 0) is 20.8 Å². The molecule has 0 aromatic heterocycles. The van der Waals surface area contributed by atoms with E-state index >= 15 is 0 Å². The molecule has 146 valence electrons. The first-order valence-electron chi connectivity index (χ1n) is 8.14. The highest BCUT2D eigenvalue weighted by atomic mass is 32.2. The number of carbonyl (C=O) groups excluding carboxylic acids is 2. The summed E-state index contributed by atoms with van der Waals surface area (Å²) in [5.41, 5.74) is -0.630. The van der Waals surface area contributed by atoms with Crippen LogP contribution in [0, 0.1) is 0 Å². The van der Waals surface area contributed by atoms with Crippen LogP contribution in [-0.2, 0) is 19.7 Å². The molecule has 0 saturated carbocycles. The summed E-state index contributed by atoms with van der Waals surface area (Å²) in [5.74, 6) is -1.11. The summed E-state index contributed by atoms with van der Waals surface area (Å²) < 4.78 is 33.1. The SMILES string of the molecule is C=C(C)C(=O)NCCC[N+](C)(C)CCC(=O)NC(C)(C)CS(=O)(=O)[O-]. The minimum absolute atomic E-state index is 0.166. The van der Waals surface area contributed by atoms with Gasteiger partial charge in [0.05, 0.1) is 49.5 Å². The molecular weight excluding hydrogens is 346 g/mol. The molecule has 0 aromatic rings. The Morgan fingerprint density at radius 3 is 2.24 bits per heavy atom. The summed E-state index contributed by atoms with van der Waals surface area (Å²) in [5, 5.41) is 5.34. The van der Waals surface area contributed by atoms with Gasteiger partial charge in [-0.15, -0.1) is 0 Å². The average molecular weight is 378 g/mol. The molecule has 25 heavy (non-hydrogen) atoms. The van der Waals surface area contributed by atoms with E-state index in [0.29, 0.717) is 23.1 Å². The van der Waals surface area contributed by atoms with Gasteiger partial charge in [0.1, 0.15) is 0 Å². The van der Waals surface area contributed by atoms with E-state index in [1.54, 1.807) is 6.92 Å². The molecule has 0 rings (SSSR count). The lowest BCUT2D eigenvalue weighted by molar-refractivity contribution is -0.889. The number of nitrogens with one attached hydrogen (secondary N) is 2. The van der Waals surface area contributed by atoms with Crippen LogP contribution < -0.4 is 10.6 Å². The van der Waals surface area contributed by atoms with Crippen molar-refractivity contribution in [3.8, 4) is 0 Å². The van der Waals surface area contributed by atoms with Crippen molar-refractivity contribution < 1.29 is 27.0 Å². The van der Waals surface area contributed by atoms with Crippen LogP contribution in [0.1, 0.15) is 33.6 Å². The molecule has 8 nitrogen and oxygen atoms in total. The summed E-state index contributed by atoms with van der Waals surface area (Å²) >= 11 is 0. The van der Waals surface area contributed by atoms with Gasteiger partial charge < -0.3 is 19.7 Å². The molecule has 0 saturated heterocycles. The molecule has 0 spiro atoms. The van der Waals surface area contributed by atoms with Gasteiger partial charge >= 0.3 is 0 Å². The van der Waals surface area contributed by atoms with Crippen LogP contribution in [0.25, 0.3) is 0 Å². The highest BCUT2D eigenvalue weighted by molar-refractivity contribution is 7.85. The maximum absolute atomic E-state index is 12.0. The minimum Gasteiger partial charge on any atom is -0.748 e. The van der Waals surface area contributed by atoms with Gasteiger partial charge in [0.25, 0.3) is 0 Å². The zero-order valence-electron chi connectivity index (χ0n) is 15.8. The summed E-state index contributed by atoms with van der Waals surface area (Å²) in [6, 6.07) is 0. The van der Waals surface area contributed by atoms with Crippen molar-refractivity contribution in [1.82, 2.24) is 10.6 Å². The zero-order valence-corrected chi connectivity index (χ0v) is 16.7. The summed E-state index contributed by atoms with van der Waals surface area (Å²) in [6.07, 6.45) is 0.973. The van der Waals surface area contributed by atoms with E-state index in [9.17, 15) is 22.6 Å². The summed E-state index contributed by atoms with van der Waals surface area (Å²) in [4.78, 5) is 23.4. The number of rotatable bonds is 11. The molecular formula is C16H31N3O5S. The Morgan fingerprint density at radius 2 is 1.76 bits per heavy atom. The molecule has 0 aliphatic rings. The third kappa shape index (κ3) is 12.5. The van der Waals surface area contributed by atoms with Crippen LogP contribution in [0.2, 0.25) is 0 Å². The molecule has 0 unspecified atom stereocenters. The predicted octanol–water partition coefficient (Wildman–Crippen LogP) is -0.0247. The Hall–Kier alpha value is -1.45. The normalized spacial score (nSPS) is 12.6. The molecule has 9 heteroatoms. The van der Waals surface area contributed by atoms with E-state index in [4.69, 9.17) is 0 Å². The lowest BCUT2D eigenvalue weighted by atomic mass is 10.1. The third-order valence-electron chi connectivity index (χ3n) is 3.57. The van der Waals surface area contributed by atoms with Crippen molar-refractivity contribution >= 4 is 21.9 Å². The molecule has 0 atom stereocenters. The molecule has 2 amide bonds. The number of hydrogen-bond acceptors (Lipinski definition) is 5. The molecule has 0 aliphatic carbocycles. The standard InChI is InChI=1S/C16H31N3O5S/c1-13(2)15(21)17-9-7-10-19(5,6)11-8-14(20)18-16(3,4)12-25(22,23)24/h1,7-12H2,2-6H3,(H2-,17,18,20,21,22,23,24). The van der Waals surface area contributed by atoms with Gasteiger partial charge in [0.15, 0.2) is 0 Å². The zero-order chi connectivity index (χ0) is 19.9. The van der Waals surface area contributed by atoms with Crippen molar-refractivity contribution in [2.24, 2.45) is 0 Å². The van der Waals surface area contributed by atoms with E-state index in [1.165, 1.54) is 13.8 Å². The van der Waals surface area contributed by atoms with Crippen molar-refractivity contribution in [2.75, 3.05) is 39.5 Å². The van der Waals surface area contributed by atoms with Gasteiger partial charge in [-0.2, -0.15) is 0 Å². The predicted molar refractivity (Wildman–Crippen MR) is 95.7 cm³/mol. The van der Waals surface area contributed by atoms with E-state index in [2.05, 4.69) is 17.2 Å². The maximum atomic E-state index is 12.0. The third-order valence-corrected chi connectivity index (χ3v) is 4.65. The lowest BCUT2D eigenvalue weighted by Gasteiger charge is -2.31. The molecule has 0 fully saturated rings. The Morgan fingerprint density at radius 1 is 1.20 bits per heavy atom. The molecule has 0 aromatic carbocycles. The van der Waals surface area contributed by atoms with Crippen LogP contribution in [0.3, 0.4) is 0 Å². The van der Waals surface area contributed by atoms with E-state index in [-0.39, 0.29) is 18.2 Å². The minimum atomic E-state index is -4.41. The van der Waals surface area contributed by atoms with Crippen LogP contribution in [0.5, 0.6) is 0 Å². The van der Waals surface area contributed by atoms with Gasteiger partial charge in [0, 0.05) is 24.1 Å². The fourth-order valence-corrected chi connectivity index (χ4v) is 3.25. The monoisotopic (exact) mass is 377 g/mol. The first-order valence-corrected chi connectivity index (χ1v) is 9.72. The molecule has 0 aliphatic heterocycles. The highest BCUT2D eigenvalue weighted by Crippen LogP contribution is 2.07. The maximum Gasteiger partial charge on any atom is 0.246 e. The van der Waals surface area contributed by atoms with Crippen LogP contribution in [0.15, 0.2) is 12.2 Å². The highest BCUT2D eigenvalue weighted by Gasteiger charge is 2.25. The largest absolute Gasteiger partial charge is 0.748 e. The summed E-state index contributed by atoms with van der Waals surface area (Å²) in [6.45, 7) is 10.1. The van der Waals surface area contributed by atoms with Gasteiger partial charge in [0.2, 0.25) is 11.8 Å². The van der Waals surface area contributed by atoms with E-state index in [0.717, 1.165) is 13.0 Å². The number of carbonyl (C=O) groups is 2. The van der Waals surface area contributed by atoms with Gasteiger partial charge in [-0.3, -0.25) is 9.59 Å². The second kappa shape index (κ2) is 9.30. The Labute approximate surface area is 151 Å². The van der Waals surface area contributed by atoms with Gasteiger partial charge in [-0.1, -0.05) is 6.58 Å². The number of nitrogens with zero attached hydrogens (tertiary/aromatic N) is 1. The summed E-state index contributed by atoms with van der Waals surface area (Å²) in [7, 11) is -0.462. The quantitative estimate of drug-likeness (QED) is 0.227. The van der Waals surface area contributed by atoms with Crippen LogP contribution in [-0.4, -0.2) is 74.3 Å².